The molecule has 0 spiro atoms. The lowest BCUT2D eigenvalue weighted by molar-refractivity contribution is -0.265. The van der Waals surface area contributed by atoms with Crippen molar-refractivity contribution in [2.24, 2.45) is 0 Å². The van der Waals surface area contributed by atoms with Crippen molar-refractivity contribution in [3.05, 3.63) is 0 Å². The Balaban J connectivity index is 2.07. The first-order valence-corrected chi connectivity index (χ1v) is 5.87. The zero-order chi connectivity index (χ0) is 14.0. The van der Waals surface area contributed by atoms with Gasteiger partial charge in [-0.3, -0.25) is 14.4 Å². The number of esters is 2. The molecule has 8 nitrogen and oxygen atoms in total. The summed E-state index contributed by atoms with van der Waals surface area (Å²) in [6.07, 6.45) is -1.21. The Morgan fingerprint density at radius 1 is 1.37 bits per heavy atom. The first kappa shape index (κ1) is 13.8. The van der Waals surface area contributed by atoms with E-state index >= 15 is 0 Å². The molecule has 3 atom stereocenters. The lowest BCUT2D eigenvalue weighted by Crippen LogP contribution is -2.55. The maximum atomic E-state index is 11.3. The van der Waals surface area contributed by atoms with Gasteiger partial charge in [-0.15, -0.1) is 5.06 Å². The maximum absolute atomic E-state index is 11.3. The highest BCUT2D eigenvalue weighted by atomic mass is 16.8. The van der Waals surface area contributed by atoms with Gasteiger partial charge in [0.25, 0.3) is 0 Å². The molecule has 0 aromatic heterocycles. The van der Waals surface area contributed by atoms with Gasteiger partial charge in [0.15, 0.2) is 6.10 Å². The summed E-state index contributed by atoms with van der Waals surface area (Å²) in [7, 11) is 0. The number of ether oxygens (including phenoxy) is 3. The molecule has 19 heavy (non-hydrogen) atoms. The van der Waals surface area contributed by atoms with Crippen LogP contribution in [0.3, 0.4) is 0 Å². The minimum Gasteiger partial charge on any atom is -0.463 e. The number of hydrogen-bond acceptors (Lipinski definition) is 8. The number of hydroxylamine groups is 2. The smallest absolute Gasteiger partial charge is 0.327 e. The average Bonchev–Trinajstić information content (AvgIpc) is 2.68. The van der Waals surface area contributed by atoms with E-state index in [0.29, 0.717) is 0 Å². The Morgan fingerprint density at radius 2 is 2.11 bits per heavy atom. The second-order valence-corrected chi connectivity index (χ2v) is 4.36. The zero-order valence-corrected chi connectivity index (χ0v) is 10.7. The van der Waals surface area contributed by atoms with Crippen LogP contribution in [0.5, 0.6) is 0 Å². The lowest BCUT2D eigenvalue weighted by Gasteiger charge is -2.38. The Kier molecular flexibility index (Phi) is 4.01. The minimum absolute atomic E-state index is 0.0359. The molecule has 2 saturated heterocycles. The van der Waals surface area contributed by atoms with Gasteiger partial charge in [-0.05, 0) is 0 Å². The van der Waals surface area contributed by atoms with E-state index in [-0.39, 0.29) is 19.8 Å². The van der Waals surface area contributed by atoms with Gasteiger partial charge in [-0.1, -0.05) is 0 Å². The van der Waals surface area contributed by atoms with Crippen LogP contribution in [-0.4, -0.2) is 54.6 Å². The molecule has 0 aliphatic carbocycles. The molecule has 8 heteroatoms. The number of nitrogens with zero attached hydrogens (tertiary/aromatic N) is 1. The van der Waals surface area contributed by atoms with E-state index in [9.17, 15) is 14.4 Å². The van der Waals surface area contributed by atoms with Gasteiger partial charge in [-0.25, -0.2) is 0 Å². The second kappa shape index (κ2) is 5.54. The molecule has 2 fully saturated rings. The Bertz CT molecular complexity index is 397. The number of carbonyl (C=O) groups is 3. The highest BCUT2D eigenvalue weighted by Crippen LogP contribution is 2.28. The zero-order valence-electron chi connectivity index (χ0n) is 10.7. The van der Waals surface area contributed by atoms with Crippen LogP contribution < -0.4 is 0 Å². The first-order valence-electron chi connectivity index (χ1n) is 5.87. The van der Waals surface area contributed by atoms with Crippen LogP contribution in [-0.2, 0) is 33.4 Å². The van der Waals surface area contributed by atoms with Crippen LogP contribution in [0.1, 0.15) is 20.3 Å². The van der Waals surface area contributed by atoms with Crippen LogP contribution in [0.2, 0.25) is 0 Å². The maximum Gasteiger partial charge on any atom is 0.327 e. The fraction of sp³-hybridized carbons (Fsp3) is 0.727. The highest BCUT2D eigenvalue weighted by molar-refractivity contribution is 5.72. The Labute approximate surface area is 109 Å². The summed E-state index contributed by atoms with van der Waals surface area (Å²) in [5.41, 5.74) is 0. The van der Waals surface area contributed by atoms with Gasteiger partial charge >= 0.3 is 17.9 Å². The summed E-state index contributed by atoms with van der Waals surface area (Å²) in [6.45, 7) is 2.56. The number of carbonyl (C=O) groups excluding carboxylic acids is 3. The van der Waals surface area contributed by atoms with Crippen molar-refractivity contribution in [1.82, 2.24) is 5.06 Å². The third kappa shape index (κ3) is 3.21. The molecule has 106 valence electrons. The van der Waals surface area contributed by atoms with Crippen LogP contribution in [0.25, 0.3) is 0 Å². The van der Waals surface area contributed by atoms with E-state index in [2.05, 4.69) is 0 Å². The number of hydrogen-bond donors (Lipinski definition) is 0. The van der Waals surface area contributed by atoms with Crippen LogP contribution in [0.4, 0.5) is 0 Å². The van der Waals surface area contributed by atoms with Crippen molar-refractivity contribution >= 4 is 17.9 Å². The quantitative estimate of drug-likeness (QED) is 0.628. The van der Waals surface area contributed by atoms with Crippen LogP contribution >= 0.6 is 0 Å². The molecular formula is C11H15NO7. The molecule has 2 rings (SSSR count). The molecule has 0 amide bonds. The van der Waals surface area contributed by atoms with Crippen LogP contribution in [0, 0.1) is 0 Å². The third-order valence-corrected chi connectivity index (χ3v) is 2.88. The topological polar surface area (TPSA) is 91.4 Å². The second-order valence-electron chi connectivity index (χ2n) is 4.36. The van der Waals surface area contributed by atoms with E-state index in [4.69, 9.17) is 19.0 Å². The van der Waals surface area contributed by atoms with Crippen LogP contribution in [0.15, 0.2) is 0 Å². The van der Waals surface area contributed by atoms with Gasteiger partial charge in [0.1, 0.15) is 19.4 Å². The van der Waals surface area contributed by atoms with E-state index < -0.39 is 36.2 Å². The fourth-order valence-electron chi connectivity index (χ4n) is 2.11. The molecule has 0 radical (unpaired) electrons. The SMILES string of the molecule is CC(=O)OC[C@H]1OCN2OC(=O)C[C@H]2[C@@H]1OC(C)=O. The van der Waals surface area contributed by atoms with Crippen molar-refractivity contribution in [3.63, 3.8) is 0 Å². The summed E-state index contributed by atoms with van der Waals surface area (Å²) >= 11 is 0. The van der Waals surface area contributed by atoms with E-state index in [0.717, 1.165) is 0 Å². The van der Waals surface area contributed by atoms with Crippen molar-refractivity contribution in [2.45, 2.75) is 38.5 Å². The van der Waals surface area contributed by atoms with E-state index in [1.807, 2.05) is 0 Å². The van der Waals surface area contributed by atoms with Crippen molar-refractivity contribution in [3.8, 4) is 0 Å². The summed E-state index contributed by atoms with van der Waals surface area (Å²) < 4.78 is 15.4. The molecule has 0 saturated carbocycles. The molecule has 2 aliphatic heterocycles. The van der Waals surface area contributed by atoms with Crippen molar-refractivity contribution in [2.75, 3.05) is 13.3 Å². The fourth-order valence-corrected chi connectivity index (χ4v) is 2.11. The molecule has 0 bridgehead atoms. The summed E-state index contributed by atoms with van der Waals surface area (Å²) in [6, 6.07) is -0.411. The van der Waals surface area contributed by atoms with Gasteiger partial charge in [0.2, 0.25) is 0 Å². The van der Waals surface area contributed by atoms with E-state index in [1.165, 1.54) is 18.9 Å². The van der Waals surface area contributed by atoms with Crippen molar-refractivity contribution in [1.29, 1.82) is 0 Å². The van der Waals surface area contributed by atoms with Gasteiger partial charge in [0, 0.05) is 13.8 Å². The predicted octanol–water partition coefficient (Wildman–Crippen LogP) is -0.630. The number of fused-ring (bicyclic) bond motifs is 1. The summed E-state index contributed by atoms with van der Waals surface area (Å²) in [4.78, 5) is 38.1. The van der Waals surface area contributed by atoms with Gasteiger partial charge in [-0.2, -0.15) is 0 Å². The Morgan fingerprint density at radius 3 is 2.74 bits per heavy atom. The van der Waals surface area contributed by atoms with Crippen molar-refractivity contribution < 1.29 is 33.4 Å². The highest BCUT2D eigenvalue weighted by Gasteiger charge is 2.48. The predicted molar refractivity (Wildman–Crippen MR) is 58.3 cm³/mol. The Hall–Kier alpha value is -1.67. The molecular weight excluding hydrogens is 258 g/mol. The molecule has 2 aliphatic rings. The summed E-state index contributed by atoms with van der Waals surface area (Å²) in [5, 5.41) is 1.33. The largest absolute Gasteiger partial charge is 0.463 e. The lowest BCUT2D eigenvalue weighted by atomic mass is 10.0. The monoisotopic (exact) mass is 273 g/mol. The van der Waals surface area contributed by atoms with E-state index in [1.54, 1.807) is 0 Å². The average molecular weight is 273 g/mol. The summed E-state index contributed by atoms with van der Waals surface area (Å²) in [5.74, 6) is -1.35. The first-order chi connectivity index (χ1) is 8.97. The van der Waals surface area contributed by atoms with Gasteiger partial charge < -0.3 is 19.0 Å². The molecule has 0 N–H and O–H groups in total. The normalized spacial score (nSPS) is 30.4. The van der Waals surface area contributed by atoms with Gasteiger partial charge in [0.05, 0.1) is 12.5 Å². The standard InChI is InChI=1S/C11H15NO7/c1-6(13)16-4-9-11(18-7(2)14)8-3-10(15)19-12(8)5-17-9/h8-9,11H,3-5H2,1-2H3/t8-,9+,11-/m0/s1. The molecule has 0 unspecified atom stereocenters. The molecule has 2 heterocycles. The minimum atomic E-state index is -0.711. The number of rotatable bonds is 3. The molecule has 0 aromatic carbocycles. The third-order valence-electron chi connectivity index (χ3n) is 2.88. The molecule has 0 aromatic rings.